The van der Waals surface area contributed by atoms with E-state index >= 15 is 0 Å². The number of carbonyl (C=O) groups is 2. The van der Waals surface area contributed by atoms with Gasteiger partial charge in [0.1, 0.15) is 5.75 Å². The SMILES string of the molecule is COc1ccc(S(=O)(=O)N2CCC(C)CC2)cc1C(=O)Nc1ccccc1C(N)=O. The topological polar surface area (TPSA) is 119 Å². The third-order valence-electron chi connectivity index (χ3n) is 5.24. The lowest BCUT2D eigenvalue weighted by molar-refractivity contribution is 0.100. The largest absolute Gasteiger partial charge is 0.496 e. The van der Waals surface area contributed by atoms with E-state index in [9.17, 15) is 18.0 Å². The van der Waals surface area contributed by atoms with Gasteiger partial charge in [-0.1, -0.05) is 19.1 Å². The van der Waals surface area contributed by atoms with Gasteiger partial charge < -0.3 is 15.8 Å². The van der Waals surface area contributed by atoms with E-state index in [0.717, 1.165) is 12.8 Å². The van der Waals surface area contributed by atoms with Crippen molar-refractivity contribution < 1.29 is 22.7 Å². The molecule has 1 aliphatic rings. The Morgan fingerprint density at radius 2 is 1.77 bits per heavy atom. The van der Waals surface area contributed by atoms with Crippen LogP contribution in [0, 0.1) is 5.92 Å². The Balaban J connectivity index is 1.93. The molecule has 0 saturated carbocycles. The third-order valence-corrected chi connectivity index (χ3v) is 7.13. The minimum absolute atomic E-state index is 0.0196. The van der Waals surface area contributed by atoms with Crippen molar-refractivity contribution in [2.45, 2.75) is 24.7 Å². The van der Waals surface area contributed by atoms with E-state index < -0.39 is 21.8 Å². The molecule has 1 heterocycles. The smallest absolute Gasteiger partial charge is 0.259 e. The molecule has 160 valence electrons. The molecule has 9 heteroatoms. The summed E-state index contributed by atoms with van der Waals surface area (Å²) in [5.41, 5.74) is 5.78. The average molecular weight is 432 g/mol. The van der Waals surface area contributed by atoms with Gasteiger partial charge in [0.2, 0.25) is 10.0 Å². The van der Waals surface area contributed by atoms with Crippen LogP contribution in [-0.2, 0) is 10.0 Å². The third kappa shape index (κ3) is 4.47. The van der Waals surface area contributed by atoms with E-state index in [0.29, 0.717) is 19.0 Å². The minimum atomic E-state index is -3.74. The summed E-state index contributed by atoms with van der Waals surface area (Å²) in [4.78, 5) is 24.5. The predicted molar refractivity (Wildman–Crippen MR) is 113 cm³/mol. The lowest BCUT2D eigenvalue weighted by Crippen LogP contribution is -2.38. The first kappa shape index (κ1) is 21.8. The molecule has 2 amide bonds. The summed E-state index contributed by atoms with van der Waals surface area (Å²) in [5, 5.41) is 2.62. The van der Waals surface area contributed by atoms with Gasteiger partial charge in [0.15, 0.2) is 0 Å². The molecule has 8 nitrogen and oxygen atoms in total. The first-order chi connectivity index (χ1) is 14.2. The number of ether oxygens (including phenoxy) is 1. The summed E-state index contributed by atoms with van der Waals surface area (Å²) < 4.78 is 32.8. The number of rotatable bonds is 6. The van der Waals surface area contributed by atoms with Gasteiger partial charge in [-0.25, -0.2) is 8.42 Å². The number of sulfonamides is 1. The zero-order valence-electron chi connectivity index (χ0n) is 16.9. The van der Waals surface area contributed by atoms with Crippen LogP contribution in [0.4, 0.5) is 5.69 Å². The zero-order valence-corrected chi connectivity index (χ0v) is 17.7. The lowest BCUT2D eigenvalue weighted by atomic mass is 10.0. The fourth-order valence-corrected chi connectivity index (χ4v) is 4.89. The van der Waals surface area contributed by atoms with E-state index in [-0.39, 0.29) is 27.5 Å². The molecule has 1 saturated heterocycles. The van der Waals surface area contributed by atoms with Crippen molar-refractivity contribution in [2.24, 2.45) is 11.7 Å². The fraction of sp³-hybridized carbons (Fsp3) is 0.333. The van der Waals surface area contributed by atoms with Crippen molar-refractivity contribution in [1.82, 2.24) is 4.31 Å². The van der Waals surface area contributed by atoms with Crippen molar-refractivity contribution in [2.75, 3.05) is 25.5 Å². The van der Waals surface area contributed by atoms with E-state index in [2.05, 4.69) is 12.2 Å². The normalized spacial score (nSPS) is 15.5. The number of piperidine rings is 1. The molecule has 0 unspecified atom stereocenters. The number of methoxy groups -OCH3 is 1. The van der Waals surface area contributed by atoms with Crippen LogP contribution in [0.15, 0.2) is 47.4 Å². The Labute approximate surface area is 176 Å². The van der Waals surface area contributed by atoms with E-state index in [4.69, 9.17) is 10.5 Å². The Morgan fingerprint density at radius 1 is 1.10 bits per heavy atom. The van der Waals surface area contributed by atoms with E-state index in [1.165, 1.54) is 35.7 Å². The number of hydrogen-bond acceptors (Lipinski definition) is 5. The molecule has 0 aliphatic carbocycles. The van der Waals surface area contributed by atoms with Gasteiger partial charge in [-0.2, -0.15) is 4.31 Å². The molecule has 3 N–H and O–H groups in total. The van der Waals surface area contributed by atoms with Gasteiger partial charge in [-0.05, 0) is 49.1 Å². The van der Waals surface area contributed by atoms with Crippen molar-refractivity contribution in [3.63, 3.8) is 0 Å². The first-order valence-corrected chi connectivity index (χ1v) is 11.1. The van der Waals surface area contributed by atoms with Crippen LogP contribution in [0.5, 0.6) is 5.75 Å². The number of amides is 2. The maximum absolute atomic E-state index is 13.1. The van der Waals surface area contributed by atoms with Gasteiger partial charge in [0.25, 0.3) is 11.8 Å². The second kappa shape index (κ2) is 8.85. The molecular weight excluding hydrogens is 406 g/mol. The molecule has 30 heavy (non-hydrogen) atoms. The van der Waals surface area contributed by atoms with Gasteiger partial charge in [0.05, 0.1) is 28.8 Å². The number of benzene rings is 2. The molecule has 1 fully saturated rings. The Kier molecular flexibility index (Phi) is 6.42. The Hall–Kier alpha value is -2.91. The van der Waals surface area contributed by atoms with Gasteiger partial charge >= 0.3 is 0 Å². The Morgan fingerprint density at radius 3 is 2.40 bits per heavy atom. The van der Waals surface area contributed by atoms with Crippen molar-refractivity contribution in [3.8, 4) is 5.75 Å². The number of anilines is 1. The maximum atomic E-state index is 13.1. The molecular formula is C21H25N3O5S. The van der Waals surface area contributed by atoms with Crippen LogP contribution in [0.1, 0.15) is 40.5 Å². The van der Waals surface area contributed by atoms with Crippen LogP contribution in [0.3, 0.4) is 0 Å². The molecule has 2 aromatic rings. The van der Waals surface area contributed by atoms with Crippen molar-refractivity contribution in [1.29, 1.82) is 0 Å². The lowest BCUT2D eigenvalue weighted by Gasteiger charge is -2.29. The number of nitrogens with two attached hydrogens (primary N) is 1. The van der Waals surface area contributed by atoms with Gasteiger partial charge in [-0.15, -0.1) is 0 Å². The highest BCUT2D eigenvalue weighted by atomic mass is 32.2. The molecule has 0 atom stereocenters. The number of carbonyl (C=O) groups excluding carboxylic acids is 2. The summed E-state index contributed by atoms with van der Waals surface area (Å²) in [6.45, 7) is 3.00. The van der Waals surface area contributed by atoms with Crippen LogP contribution in [-0.4, -0.2) is 44.7 Å². The maximum Gasteiger partial charge on any atom is 0.259 e. The summed E-state index contributed by atoms with van der Waals surface area (Å²) in [6.07, 6.45) is 1.60. The summed E-state index contributed by atoms with van der Waals surface area (Å²) in [7, 11) is -2.34. The van der Waals surface area contributed by atoms with Crippen LogP contribution < -0.4 is 15.8 Å². The van der Waals surface area contributed by atoms with Crippen molar-refractivity contribution in [3.05, 3.63) is 53.6 Å². The van der Waals surface area contributed by atoms with Crippen LogP contribution >= 0.6 is 0 Å². The summed E-state index contributed by atoms with van der Waals surface area (Å²) >= 11 is 0. The van der Waals surface area contributed by atoms with E-state index in [1.54, 1.807) is 18.2 Å². The molecule has 0 aromatic heterocycles. The second-order valence-electron chi connectivity index (χ2n) is 7.31. The van der Waals surface area contributed by atoms with Crippen LogP contribution in [0.2, 0.25) is 0 Å². The number of primary amides is 1. The minimum Gasteiger partial charge on any atom is -0.496 e. The van der Waals surface area contributed by atoms with Gasteiger partial charge in [-0.3, -0.25) is 9.59 Å². The summed E-state index contributed by atoms with van der Waals surface area (Å²) in [6, 6.07) is 10.5. The highest BCUT2D eigenvalue weighted by molar-refractivity contribution is 7.89. The Bertz CT molecular complexity index is 1060. The zero-order chi connectivity index (χ0) is 21.9. The first-order valence-electron chi connectivity index (χ1n) is 9.62. The van der Waals surface area contributed by atoms with E-state index in [1.807, 2.05) is 0 Å². The molecule has 0 radical (unpaired) electrons. The second-order valence-corrected chi connectivity index (χ2v) is 9.25. The quantitative estimate of drug-likeness (QED) is 0.728. The molecule has 0 spiro atoms. The average Bonchev–Trinajstić information content (AvgIpc) is 2.73. The molecule has 2 aromatic carbocycles. The fourth-order valence-electron chi connectivity index (χ4n) is 3.40. The number of nitrogens with one attached hydrogen (secondary N) is 1. The standard InChI is InChI=1S/C21H25N3O5S/c1-14-9-11-24(12-10-14)30(27,28)15-7-8-19(29-2)17(13-15)21(26)23-18-6-4-3-5-16(18)20(22)25/h3-8,13-14H,9-12H2,1-2H3,(H2,22,25)(H,23,26). The monoisotopic (exact) mass is 431 g/mol. The molecule has 3 rings (SSSR count). The molecule has 0 bridgehead atoms. The number of para-hydroxylation sites is 1. The van der Waals surface area contributed by atoms with Crippen LogP contribution in [0.25, 0.3) is 0 Å². The number of nitrogens with zero attached hydrogens (tertiary/aromatic N) is 1. The number of hydrogen-bond donors (Lipinski definition) is 2. The van der Waals surface area contributed by atoms with Gasteiger partial charge in [0, 0.05) is 13.1 Å². The molecule has 1 aliphatic heterocycles. The highest BCUT2D eigenvalue weighted by Gasteiger charge is 2.29. The predicted octanol–water partition coefficient (Wildman–Crippen LogP) is 2.47. The summed E-state index contributed by atoms with van der Waals surface area (Å²) in [5.74, 6) is -0.590. The highest BCUT2D eigenvalue weighted by Crippen LogP contribution is 2.28. The van der Waals surface area contributed by atoms with Crippen molar-refractivity contribution >= 4 is 27.5 Å².